The minimum absolute atomic E-state index is 0.00549. The van der Waals surface area contributed by atoms with Gasteiger partial charge in [0.15, 0.2) is 27.2 Å². The molecular formula is C23H30N4O5S. The van der Waals surface area contributed by atoms with Crippen molar-refractivity contribution < 1.29 is 23.0 Å². The van der Waals surface area contributed by atoms with Gasteiger partial charge < -0.3 is 24.8 Å². The van der Waals surface area contributed by atoms with Gasteiger partial charge in [-0.25, -0.2) is 18.4 Å². The molecule has 9 nitrogen and oxygen atoms in total. The summed E-state index contributed by atoms with van der Waals surface area (Å²) in [6.45, 7) is 7.61. The van der Waals surface area contributed by atoms with E-state index in [1.807, 2.05) is 24.3 Å². The van der Waals surface area contributed by atoms with Gasteiger partial charge in [-0.2, -0.15) is 0 Å². The number of hydrogen-bond donors (Lipinski definition) is 2. The SMILES string of the molecule is C[C@@H]1COC[C@H]2COc3c(nc(-c4ccc(C5(CO)CN5)cc4)nc3C(C)(C)S(C)(=O)=O)N21. The second-order valence-corrected chi connectivity index (χ2v) is 12.3. The lowest BCUT2D eigenvalue weighted by Crippen LogP contribution is -2.56. The number of hydrogen-bond acceptors (Lipinski definition) is 9. The van der Waals surface area contributed by atoms with Crippen LogP contribution in [0.1, 0.15) is 32.0 Å². The van der Waals surface area contributed by atoms with E-state index in [2.05, 4.69) is 17.1 Å². The average Bonchev–Trinajstić information content (AvgIpc) is 3.59. The molecule has 0 radical (unpaired) electrons. The number of fused-ring (bicyclic) bond motifs is 3. The van der Waals surface area contributed by atoms with Gasteiger partial charge in [0, 0.05) is 18.4 Å². The molecule has 5 rings (SSSR count). The van der Waals surface area contributed by atoms with Gasteiger partial charge in [0.05, 0.1) is 37.4 Å². The lowest BCUT2D eigenvalue weighted by molar-refractivity contribution is 0.0482. The molecule has 3 aliphatic heterocycles. The summed E-state index contributed by atoms with van der Waals surface area (Å²) < 4.78 is 36.0. The van der Waals surface area contributed by atoms with Crippen LogP contribution in [0.15, 0.2) is 24.3 Å². The number of rotatable bonds is 5. The Morgan fingerprint density at radius 3 is 2.52 bits per heavy atom. The van der Waals surface area contributed by atoms with Gasteiger partial charge >= 0.3 is 0 Å². The molecule has 33 heavy (non-hydrogen) atoms. The molecule has 178 valence electrons. The zero-order valence-electron chi connectivity index (χ0n) is 19.3. The molecule has 2 aromatic rings. The van der Waals surface area contributed by atoms with Gasteiger partial charge in [0.25, 0.3) is 0 Å². The highest BCUT2D eigenvalue weighted by molar-refractivity contribution is 7.91. The molecule has 10 heteroatoms. The number of nitrogens with zero attached hydrogens (tertiary/aromatic N) is 3. The molecule has 0 saturated carbocycles. The van der Waals surface area contributed by atoms with Crippen molar-refractivity contribution in [3.8, 4) is 17.1 Å². The highest BCUT2D eigenvalue weighted by atomic mass is 32.2. The van der Waals surface area contributed by atoms with E-state index in [0.29, 0.717) is 42.9 Å². The van der Waals surface area contributed by atoms with Gasteiger partial charge in [-0.1, -0.05) is 24.3 Å². The molecule has 3 atom stereocenters. The largest absolute Gasteiger partial charge is 0.486 e. The fraction of sp³-hybridized carbons (Fsp3) is 0.565. The van der Waals surface area contributed by atoms with Crippen LogP contribution in [0, 0.1) is 0 Å². The van der Waals surface area contributed by atoms with Crippen LogP contribution in [-0.2, 0) is 24.9 Å². The molecule has 2 N–H and O–H groups in total. The van der Waals surface area contributed by atoms with Crippen molar-refractivity contribution in [2.24, 2.45) is 0 Å². The van der Waals surface area contributed by atoms with Crippen molar-refractivity contribution in [1.82, 2.24) is 15.3 Å². The van der Waals surface area contributed by atoms with Crippen LogP contribution in [0.4, 0.5) is 5.82 Å². The van der Waals surface area contributed by atoms with Crippen LogP contribution < -0.4 is 15.0 Å². The van der Waals surface area contributed by atoms with E-state index in [4.69, 9.17) is 19.4 Å². The molecule has 0 amide bonds. The Bertz CT molecular complexity index is 1180. The molecule has 4 heterocycles. The van der Waals surface area contributed by atoms with E-state index in [9.17, 15) is 13.5 Å². The molecule has 3 aliphatic rings. The number of sulfone groups is 1. The normalized spacial score (nSPS) is 26.9. The Morgan fingerprint density at radius 2 is 1.91 bits per heavy atom. The van der Waals surface area contributed by atoms with Crippen LogP contribution in [0.3, 0.4) is 0 Å². The van der Waals surface area contributed by atoms with E-state index < -0.39 is 14.6 Å². The lowest BCUT2D eigenvalue weighted by atomic mass is 9.98. The fourth-order valence-electron chi connectivity index (χ4n) is 4.50. The minimum Gasteiger partial charge on any atom is -0.486 e. The van der Waals surface area contributed by atoms with Crippen LogP contribution in [0.5, 0.6) is 5.75 Å². The summed E-state index contributed by atoms with van der Waals surface area (Å²) in [5.74, 6) is 1.48. The Labute approximate surface area is 194 Å². The van der Waals surface area contributed by atoms with Crippen LogP contribution in [-0.4, -0.2) is 74.8 Å². The number of aromatic nitrogens is 2. The Kier molecular flexibility index (Phi) is 5.20. The third kappa shape index (κ3) is 3.60. The molecule has 1 aromatic carbocycles. The number of nitrogens with one attached hydrogen (secondary N) is 1. The number of morpholine rings is 1. The first-order valence-electron chi connectivity index (χ1n) is 11.2. The van der Waals surface area contributed by atoms with E-state index in [1.54, 1.807) is 13.8 Å². The van der Waals surface area contributed by atoms with E-state index in [0.717, 1.165) is 17.7 Å². The number of benzene rings is 1. The third-order valence-electron chi connectivity index (χ3n) is 7.12. The summed E-state index contributed by atoms with van der Waals surface area (Å²) in [5, 5.41) is 12.9. The summed E-state index contributed by atoms with van der Waals surface area (Å²) in [4.78, 5) is 11.8. The highest BCUT2D eigenvalue weighted by Crippen LogP contribution is 2.44. The first kappa shape index (κ1) is 22.5. The Hall–Kier alpha value is -2.27. The van der Waals surface area contributed by atoms with E-state index in [1.165, 1.54) is 6.26 Å². The summed E-state index contributed by atoms with van der Waals surface area (Å²) >= 11 is 0. The molecule has 0 bridgehead atoms. The molecule has 2 fully saturated rings. The van der Waals surface area contributed by atoms with Gasteiger partial charge in [0.2, 0.25) is 0 Å². The number of ether oxygens (including phenoxy) is 2. The summed E-state index contributed by atoms with van der Waals surface area (Å²) in [6.07, 6.45) is 1.22. The van der Waals surface area contributed by atoms with Crippen molar-refractivity contribution in [3.63, 3.8) is 0 Å². The van der Waals surface area contributed by atoms with Crippen LogP contribution >= 0.6 is 0 Å². The number of aliphatic hydroxyl groups excluding tert-OH is 1. The summed E-state index contributed by atoms with van der Waals surface area (Å²) in [7, 11) is -3.50. The van der Waals surface area contributed by atoms with Gasteiger partial charge in [0.1, 0.15) is 17.0 Å². The Balaban J connectivity index is 1.66. The van der Waals surface area contributed by atoms with E-state index >= 15 is 0 Å². The van der Waals surface area contributed by atoms with Gasteiger partial charge in [-0.3, -0.25) is 0 Å². The topological polar surface area (TPSA) is 124 Å². The summed E-state index contributed by atoms with van der Waals surface area (Å²) in [5.41, 5.74) is 1.75. The summed E-state index contributed by atoms with van der Waals surface area (Å²) in [6, 6.07) is 7.80. The van der Waals surface area contributed by atoms with Crippen LogP contribution in [0.25, 0.3) is 11.4 Å². The second kappa shape index (κ2) is 7.63. The highest BCUT2D eigenvalue weighted by Gasteiger charge is 2.45. The first-order chi connectivity index (χ1) is 15.6. The predicted molar refractivity (Wildman–Crippen MR) is 124 cm³/mol. The quantitative estimate of drug-likeness (QED) is 0.615. The third-order valence-corrected chi connectivity index (χ3v) is 9.16. The lowest BCUT2D eigenvalue weighted by Gasteiger charge is -2.45. The monoisotopic (exact) mass is 474 g/mol. The van der Waals surface area contributed by atoms with Gasteiger partial charge in [-0.05, 0) is 26.3 Å². The molecule has 0 spiro atoms. The minimum atomic E-state index is -3.50. The van der Waals surface area contributed by atoms with Crippen molar-refractivity contribution in [3.05, 3.63) is 35.5 Å². The second-order valence-electron chi connectivity index (χ2n) is 9.76. The molecule has 2 saturated heterocycles. The van der Waals surface area contributed by atoms with Crippen LogP contribution in [0.2, 0.25) is 0 Å². The van der Waals surface area contributed by atoms with Gasteiger partial charge in [-0.15, -0.1) is 0 Å². The van der Waals surface area contributed by atoms with Crippen molar-refractivity contribution in [1.29, 1.82) is 0 Å². The van der Waals surface area contributed by atoms with Crippen molar-refractivity contribution in [2.75, 3.05) is 44.1 Å². The maximum absolute atomic E-state index is 12.7. The smallest absolute Gasteiger partial charge is 0.185 e. The van der Waals surface area contributed by atoms with Crippen molar-refractivity contribution in [2.45, 2.75) is 43.1 Å². The zero-order chi connectivity index (χ0) is 23.6. The number of aliphatic hydroxyl groups is 1. The molecule has 0 aliphatic carbocycles. The Morgan fingerprint density at radius 1 is 1.21 bits per heavy atom. The maximum atomic E-state index is 12.7. The predicted octanol–water partition coefficient (Wildman–Crippen LogP) is 1.20. The molecule has 1 aromatic heterocycles. The average molecular weight is 475 g/mol. The standard InChI is InChI=1S/C23H30N4O5S/c1-14-9-31-10-17-11-32-18-19(22(2,3)33(4,29)30)25-20(26-21(18)27(14)17)15-5-7-16(8-6-15)23(13-28)12-24-23/h5-8,14,17,24,28H,9-13H2,1-4H3/t14-,17+,23?/m1/s1. The van der Waals surface area contributed by atoms with Crippen molar-refractivity contribution >= 4 is 15.7 Å². The number of anilines is 1. The fourth-order valence-corrected chi connectivity index (χ4v) is 4.99. The molecular weight excluding hydrogens is 444 g/mol. The first-order valence-corrected chi connectivity index (χ1v) is 13.0. The molecule has 1 unspecified atom stereocenters. The van der Waals surface area contributed by atoms with E-state index in [-0.39, 0.29) is 24.2 Å². The maximum Gasteiger partial charge on any atom is 0.185 e. The zero-order valence-corrected chi connectivity index (χ0v) is 20.1.